The molecule has 2 aromatic heterocycles. The summed E-state index contributed by atoms with van der Waals surface area (Å²) in [5.74, 6) is -1.17. The number of hydrogen-bond donors (Lipinski definition) is 2. The summed E-state index contributed by atoms with van der Waals surface area (Å²) in [5, 5.41) is 12.3. The zero-order valence-electron chi connectivity index (χ0n) is 11.6. The third-order valence-electron chi connectivity index (χ3n) is 3.42. The van der Waals surface area contributed by atoms with Gasteiger partial charge < -0.3 is 9.52 Å². The molecule has 0 aromatic carbocycles. The van der Waals surface area contributed by atoms with E-state index in [1.165, 1.54) is 23.7 Å². The quantitative estimate of drug-likeness (QED) is 0.846. The van der Waals surface area contributed by atoms with E-state index in [2.05, 4.69) is 10.3 Å². The van der Waals surface area contributed by atoms with E-state index in [0.29, 0.717) is 23.0 Å². The number of hydrogen-bond acceptors (Lipinski definition) is 5. The third kappa shape index (κ3) is 3.09. The van der Waals surface area contributed by atoms with Crippen LogP contribution in [0.5, 0.6) is 0 Å². The Morgan fingerprint density at radius 2 is 2.36 bits per heavy atom. The first-order valence-electron chi connectivity index (χ1n) is 6.88. The topological polar surface area (TPSA) is 92.4 Å². The molecule has 1 atom stereocenters. The number of rotatable bonds is 4. The number of nitrogens with zero attached hydrogens (tertiary/aromatic N) is 1. The molecule has 3 rings (SSSR count). The van der Waals surface area contributed by atoms with Gasteiger partial charge in [0, 0.05) is 11.0 Å². The first-order chi connectivity index (χ1) is 10.6. The average molecular weight is 318 g/mol. The van der Waals surface area contributed by atoms with Crippen LogP contribution in [-0.2, 0) is 16.0 Å². The van der Waals surface area contributed by atoms with Crippen molar-refractivity contribution in [1.82, 2.24) is 4.98 Å². The van der Waals surface area contributed by atoms with Gasteiger partial charge in [0.05, 0.1) is 12.0 Å². The molecule has 2 aromatic rings. The van der Waals surface area contributed by atoms with Gasteiger partial charge in [-0.15, -0.1) is 11.3 Å². The van der Waals surface area contributed by atoms with Crippen molar-refractivity contribution in [3.63, 3.8) is 0 Å². The second-order valence-electron chi connectivity index (χ2n) is 4.95. The first kappa shape index (κ1) is 14.5. The highest BCUT2D eigenvalue weighted by Crippen LogP contribution is 2.36. The summed E-state index contributed by atoms with van der Waals surface area (Å²) in [7, 11) is 0. The Balaban J connectivity index is 1.71. The van der Waals surface area contributed by atoms with Crippen LogP contribution in [0.3, 0.4) is 0 Å². The number of nitrogens with one attached hydrogen (secondary N) is 1. The lowest BCUT2D eigenvalue weighted by Crippen LogP contribution is -2.17. The van der Waals surface area contributed by atoms with Gasteiger partial charge >= 0.3 is 5.97 Å². The van der Waals surface area contributed by atoms with Crippen LogP contribution in [0, 0.1) is 0 Å². The van der Waals surface area contributed by atoms with E-state index in [1.54, 1.807) is 18.2 Å². The SMILES string of the molecule is O=C(/C=C/c1ccco1)Nc1nc2c(s1)CCCC2C(=O)O. The first-order valence-corrected chi connectivity index (χ1v) is 7.70. The molecule has 2 heterocycles. The highest BCUT2D eigenvalue weighted by molar-refractivity contribution is 7.15. The fraction of sp³-hybridized carbons (Fsp3) is 0.267. The van der Waals surface area contributed by atoms with Gasteiger partial charge in [0.1, 0.15) is 11.7 Å². The summed E-state index contributed by atoms with van der Waals surface area (Å²) in [4.78, 5) is 28.3. The van der Waals surface area contributed by atoms with E-state index in [0.717, 1.165) is 17.7 Å². The summed E-state index contributed by atoms with van der Waals surface area (Å²) >= 11 is 1.34. The van der Waals surface area contributed by atoms with Crippen LogP contribution in [0.15, 0.2) is 28.9 Å². The molecule has 0 saturated carbocycles. The molecule has 0 saturated heterocycles. The van der Waals surface area contributed by atoms with Crippen molar-refractivity contribution in [1.29, 1.82) is 0 Å². The highest BCUT2D eigenvalue weighted by Gasteiger charge is 2.30. The summed E-state index contributed by atoms with van der Waals surface area (Å²) in [6.07, 6.45) is 6.68. The Morgan fingerprint density at radius 3 is 3.09 bits per heavy atom. The molecule has 1 aliphatic rings. The standard InChI is InChI=1S/C15H14N2O4S/c18-12(7-6-9-3-2-8-21-9)16-15-17-13-10(14(19)20)4-1-5-11(13)22-15/h2-3,6-8,10H,1,4-5H2,(H,19,20)(H,16,17,18)/b7-6+. The maximum absolute atomic E-state index is 11.8. The number of fused-ring (bicyclic) bond motifs is 1. The van der Waals surface area contributed by atoms with Gasteiger partial charge in [0.2, 0.25) is 5.91 Å². The summed E-state index contributed by atoms with van der Waals surface area (Å²) in [5.41, 5.74) is 0.592. The molecule has 7 heteroatoms. The zero-order valence-corrected chi connectivity index (χ0v) is 12.4. The van der Waals surface area contributed by atoms with Crippen molar-refractivity contribution in [2.75, 3.05) is 5.32 Å². The van der Waals surface area contributed by atoms with Crippen LogP contribution in [-0.4, -0.2) is 22.0 Å². The number of furan rings is 1. The summed E-state index contributed by atoms with van der Waals surface area (Å²) in [6, 6.07) is 3.47. The molecular formula is C15H14N2O4S. The normalized spacial score (nSPS) is 17.4. The van der Waals surface area contributed by atoms with Crippen molar-refractivity contribution in [2.45, 2.75) is 25.2 Å². The van der Waals surface area contributed by atoms with E-state index >= 15 is 0 Å². The minimum absolute atomic E-state index is 0.325. The summed E-state index contributed by atoms with van der Waals surface area (Å²) in [6.45, 7) is 0. The number of thiazole rings is 1. The lowest BCUT2D eigenvalue weighted by Gasteiger charge is -2.16. The molecule has 22 heavy (non-hydrogen) atoms. The van der Waals surface area contributed by atoms with E-state index in [-0.39, 0.29) is 5.91 Å². The molecule has 0 spiro atoms. The number of aromatic nitrogens is 1. The lowest BCUT2D eigenvalue weighted by atomic mass is 9.91. The highest BCUT2D eigenvalue weighted by atomic mass is 32.1. The molecule has 114 valence electrons. The number of carbonyl (C=O) groups excluding carboxylic acids is 1. The van der Waals surface area contributed by atoms with Gasteiger partial charge in [-0.3, -0.25) is 14.9 Å². The number of aliphatic carboxylic acids is 1. The number of amides is 1. The molecule has 0 radical (unpaired) electrons. The van der Waals surface area contributed by atoms with Gasteiger partial charge in [-0.05, 0) is 37.5 Å². The van der Waals surface area contributed by atoms with Gasteiger partial charge in [0.15, 0.2) is 5.13 Å². The Morgan fingerprint density at radius 1 is 1.50 bits per heavy atom. The predicted molar refractivity (Wildman–Crippen MR) is 81.8 cm³/mol. The van der Waals surface area contributed by atoms with Crippen LogP contribution in [0.1, 0.15) is 35.1 Å². The Labute approximate surface area is 130 Å². The van der Waals surface area contributed by atoms with Crippen molar-refractivity contribution >= 4 is 34.4 Å². The van der Waals surface area contributed by atoms with Crippen molar-refractivity contribution in [3.05, 3.63) is 40.8 Å². The maximum Gasteiger partial charge on any atom is 0.312 e. The summed E-state index contributed by atoms with van der Waals surface area (Å²) < 4.78 is 5.10. The number of anilines is 1. The fourth-order valence-electron chi connectivity index (χ4n) is 2.40. The van der Waals surface area contributed by atoms with Crippen molar-refractivity contribution in [2.24, 2.45) is 0 Å². The van der Waals surface area contributed by atoms with Crippen molar-refractivity contribution < 1.29 is 19.1 Å². The van der Waals surface area contributed by atoms with Crippen LogP contribution in [0.2, 0.25) is 0 Å². The number of carbonyl (C=O) groups is 2. The molecule has 1 amide bonds. The third-order valence-corrected chi connectivity index (χ3v) is 4.47. The largest absolute Gasteiger partial charge is 0.481 e. The lowest BCUT2D eigenvalue weighted by molar-refractivity contribution is -0.139. The molecule has 0 bridgehead atoms. The van der Waals surface area contributed by atoms with E-state index < -0.39 is 11.9 Å². The Kier molecular flexibility index (Phi) is 4.06. The maximum atomic E-state index is 11.8. The second-order valence-corrected chi connectivity index (χ2v) is 6.03. The van der Waals surface area contributed by atoms with E-state index in [4.69, 9.17) is 4.42 Å². The molecule has 1 unspecified atom stereocenters. The van der Waals surface area contributed by atoms with Crippen molar-refractivity contribution in [3.8, 4) is 0 Å². The smallest absolute Gasteiger partial charge is 0.312 e. The van der Waals surface area contributed by atoms with Crippen LogP contribution in [0.4, 0.5) is 5.13 Å². The van der Waals surface area contributed by atoms with Gasteiger partial charge in [-0.2, -0.15) is 0 Å². The van der Waals surface area contributed by atoms with Crippen LogP contribution >= 0.6 is 11.3 Å². The second kappa shape index (κ2) is 6.15. The zero-order chi connectivity index (χ0) is 15.5. The van der Waals surface area contributed by atoms with Crippen LogP contribution in [0.25, 0.3) is 6.08 Å². The molecule has 1 aliphatic carbocycles. The van der Waals surface area contributed by atoms with Crippen LogP contribution < -0.4 is 5.32 Å². The van der Waals surface area contributed by atoms with Gasteiger partial charge in [0.25, 0.3) is 0 Å². The molecule has 2 N–H and O–H groups in total. The average Bonchev–Trinajstić information content (AvgIpc) is 3.13. The number of carboxylic acid groups (broad SMARTS) is 1. The monoisotopic (exact) mass is 318 g/mol. The van der Waals surface area contributed by atoms with E-state index in [9.17, 15) is 14.7 Å². The number of carboxylic acids is 1. The van der Waals surface area contributed by atoms with Gasteiger partial charge in [-0.25, -0.2) is 4.98 Å². The Bertz CT molecular complexity index is 718. The minimum Gasteiger partial charge on any atom is -0.481 e. The van der Waals surface area contributed by atoms with E-state index in [1.807, 2.05) is 0 Å². The molecule has 0 fully saturated rings. The molecule has 6 nitrogen and oxygen atoms in total. The van der Waals surface area contributed by atoms with Gasteiger partial charge in [-0.1, -0.05) is 0 Å². The molecular weight excluding hydrogens is 304 g/mol. The predicted octanol–water partition coefficient (Wildman–Crippen LogP) is 2.89. The fourth-order valence-corrected chi connectivity index (χ4v) is 3.47. The Hall–Kier alpha value is -2.41. The number of aryl methyl sites for hydroxylation is 1. The minimum atomic E-state index is -0.859. The molecule has 0 aliphatic heterocycles.